The summed E-state index contributed by atoms with van der Waals surface area (Å²) in [5.41, 5.74) is 1.36. The van der Waals surface area contributed by atoms with E-state index in [0.29, 0.717) is 30.2 Å². The Hall–Kier alpha value is -2.09. The second-order valence-corrected chi connectivity index (χ2v) is 9.82. The second kappa shape index (κ2) is 8.34. The van der Waals surface area contributed by atoms with Gasteiger partial charge in [0.15, 0.2) is 0 Å². The molecular weight excluding hydrogens is 412 g/mol. The summed E-state index contributed by atoms with van der Waals surface area (Å²) >= 11 is 6.04. The molecule has 0 spiro atoms. The number of carbonyl (C=O) groups excluding carboxylic acids is 1. The number of nitrogens with zero attached hydrogens (tertiary/aromatic N) is 1. The van der Waals surface area contributed by atoms with Crippen molar-refractivity contribution in [3.63, 3.8) is 0 Å². The molecule has 2 aliphatic rings. The van der Waals surface area contributed by atoms with Crippen molar-refractivity contribution < 1.29 is 17.9 Å². The van der Waals surface area contributed by atoms with Gasteiger partial charge in [0, 0.05) is 23.8 Å². The van der Waals surface area contributed by atoms with Crippen LogP contribution >= 0.6 is 11.6 Å². The number of halogens is 1. The Morgan fingerprint density at radius 1 is 1.10 bits per heavy atom. The van der Waals surface area contributed by atoms with Gasteiger partial charge in [0.2, 0.25) is 15.9 Å². The highest BCUT2D eigenvalue weighted by molar-refractivity contribution is 7.89. The number of carbonyl (C=O) groups is 1. The summed E-state index contributed by atoms with van der Waals surface area (Å²) in [7, 11) is -3.55. The molecule has 0 radical (unpaired) electrons. The Labute approximate surface area is 175 Å². The fraction of sp³-hybridized carbons (Fsp3) is 0.381. The zero-order valence-electron chi connectivity index (χ0n) is 15.9. The van der Waals surface area contributed by atoms with E-state index in [0.717, 1.165) is 30.6 Å². The number of amides is 1. The van der Waals surface area contributed by atoms with Crippen LogP contribution in [0, 0.1) is 5.92 Å². The van der Waals surface area contributed by atoms with E-state index in [2.05, 4.69) is 5.32 Å². The first-order valence-corrected chi connectivity index (χ1v) is 11.6. The smallest absolute Gasteiger partial charge is 0.243 e. The fourth-order valence-corrected chi connectivity index (χ4v) is 5.52. The van der Waals surface area contributed by atoms with Gasteiger partial charge < -0.3 is 10.1 Å². The molecule has 2 aliphatic heterocycles. The van der Waals surface area contributed by atoms with Gasteiger partial charge in [0.25, 0.3) is 0 Å². The van der Waals surface area contributed by atoms with Crippen molar-refractivity contribution in [2.75, 3.05) is 25.0 Å². The second-order valence-electron chi connectivity index (χ2n) is 7.45. The molecule has 2 aromatic carbocycles. The molecule has 29 heavy (non-hydrogen) atoms. The Balaban J connectivity index is 1.47. The third kappa shape index (κ3) is 4.42. The van der Waals surface area contributed by atoms with E-state index >= 15 is 0 Å². The van der Waals surface area contributed by atoms with Crippen LogP contribution in [0.4, 0.5) is 5.69 Å². The highest BCUT2D eigenvalue weighted by Crippen LogP contribution is 2.30. The molecule has 2 aromatic rings. The third-order valence-electron chi connectivity index (χ3n) is 5.35. The quantitative estimate of drug-likeness (QED) is 0.795. The SMILES string of the molecule is O=C(Nc1cccc(S(=O)(=O)N2CCCCC2)c1)C1COc2ccc(Cl)cc2C1. The molecule has 1 saturated heterocycles. The van der Waals surface area contributed by atoms with Crippen molar-refractivity contribution in [3.05, 3.63) is 53.1 Å². The van der Waals surface area contributed by atoms with Crippen molar-refractivity contribution in [3.8, 4) is 5.75 Å². The molecule has 1 amide bonds. The van der Waals surface area contributed by atoms with E-state index in [1.807, 2.05) is 6.07 Å². The Morgan fingerprint density at radius 3 is 2.69 bits per heavy atom. The maximum atomic E-state index is 12.9. The monoisotopic (exact) mass is 434 g/mol. The van der Waals surface area contributed by atoms with Crippen molar-refractivity contribution in [1.82, 2.24) is 4.31 Å². The lowest BCUT2D eigenvalue weighted by Crippen LogP contribution is -2.35. The number of ether oxygens (including phenoxy) is 1. The van der Waals surface area contributed by atoms with E-state index in [1.54, 1.807) is 30.3 Å². The van der Waals surface area contributed by atoms with Gasteiger partial charge in [0.05, 0.1) is 10.8 Å². The summed E-state index contributed by atoms with van der Waals surface area (Å²) in [6.45, 7) is 1.35. The standard InChI is InChI=1S/C21H23ClN2O4S/c22-17-7-8-20-15(12-17)11-16(14-28-20)21(25)23-18-5-4-6-19(13-18)29(26,27)24-9-2-1-3-10-24/h4-8,12-13,16H,1-3,9-11,14H2,(H,23,25). The van der Waals surface area contributed by atoms with E-state index in [4.69, 9.17) is 16.3 Å². The van der Waals surface area contributed by atoms with Crippen LogP contribution in [0.3, 0.4) is 0 Å². The van der Waals surface area contributed by atoms with Gasteiger partial charge in [-0.05, 0) is 61.2 Å². The minimum absolute atomic E-state index is 0.203. The fourth-order valence-electron chi connectivity index (χ4n) is 3.76. The number of hydrogen-bond donors (Lipinski definition) is 1. The van der Waals surface area contributed by atoms with E-state index in [1.165, 1.54) is 10.4 Å². The molecule has 1 fully saturated rings. The Morgan fingerprint density at radius 2 is 1.90 bits per heavy atom. The summed E-state index contributed by atoms with van der Waals surface area (Å²) < 4.78 is 33.0. The average molecular weight is 435 g/mol. The lowest BCUT2D eigenvalue weighted by molar-refractivity contribution is -0.121. The summed E-state index contributed by atoms with van der Waals surface area (Å²) in [5, 5.41) is 3.44. The Kier molecular flexibility index (Phi) is 5.81. The number of hydrogen-bond acceptors (Lipinski definition) is 4. The van der Waals surface area contributed by atoms with Gasteiger partial charge in [-0.3, -0.25) is 4.79 Å². The Bertz CT molecular complexity index is 1020. The minimum Gasteiger partial charge on any atom is -0.492 e. The highest BCUT2D eigenvalue weighted by Gasteiger charge is 2.28. The third-order valence-corrected chi connectivity index (χ3v) is 7.48. The number of sulfonamides is 1. The molecule has 4 rings (SSSR count). The van der Waals surface area contributed by atoms with Crippen LogP contribution in [0.25, 0.3) is 0 Å². The van der Waals surface area contributed by atoms with Crippen LogP contribution in [0.2, 0.25) is 5.02 Å². The zero-order valence-corrected chi connectivity index (χ0v) is 17.5. The molecule has 0 saturated carbocycles. The predicted molar refractivity (Wildman–Crippen MR) is 112 cm³/mol. The summed E-state index contributed by atoms with van der Waals surface area (Å²) in [4.78, 5) is 12.9. The molecule has 1 unspecified atom stereocenters. The minimum atomic E-state index is -3.55. The molecule has 1 atom stereocenters. The van der Waals surface area contributed by atoms with Gasteiger partial charge >= 0.3 is 0 Å². The van der Waals surface area contributed by atoms with Gasteiger partial charge in [-0.15, -0.1) is 0 Å². The largest absolute Gasteiger partial charge is 0.492 e. The first-order valence-electron chi connectivity index (χ1n) is 9.76. The van der Waals surface area contributed by atoms with Crippen molar-refractivity contribution in [2.24, 2.45) is 5.92 Å². The topological polar surface area (TPSA) is 75.7 Å². The molecule has 1 N–H and O–H groups in total. The molecule has 8 heteroatoms. The number of benzene rings is 2. The number of anilines is 1. The van der Waals surface area contributed by atoms with Crippen LogP contribution < -0.4 is 10.1 Å². The summed E-state index contributed by atoms with van der Waals surface area (Å²) in [6.07, 6.45) is 3.33. The van der Waals surface area contributed by atoms with Crippen LogP contribution in [0.5, 0.6) is 5.75 Å². The number of piperidine rings is 1. The zero-order chi connectivity index (χ0) is 20.4. The van der Waals surface area contributed by atoms with E-state index in [9.17, 15) is 13.2 Å². The van der Waals surface area contributed by atoms with Crippen molar-refractivity contribution in [1.29, 1.82) is 0 Å². The van der Waals surface area contributed by atoms with E-state index < -0.39 is 10.0 Å². The van der Waals surface area contributed by atoms with Crippen LogP contribution in [-0.2, 0) is 21.2 Å². The first-order chi connectivity index (χ1) is 13.9. The molecule has 154 valence electrons. The van der Waals surface area contributed by atoms with Gasteiger partial charge in [0.1, 0.15) is 12.4 Å². The number of nitrogens with one attached hydrogen (secondary N) is 1. The van der Waals surface area contributed by atoms with Crippen molar-refractivity contribution >= 4 is 33.2 Å². The molecule has 0 bridgehead atoms. The lowest BCUT2D eigenvalue weighted by Gasteiger charge is -2.26. The molecule has 0 aliphatic carbocycles. The van der Waals surface area contributed by atoms with Crippen molar-refractivity contribution in [2.45, 2.75) is 30.6 Å². The van der Waals surface area contributed by atoms with Gasteiger partial charge in [-0.1, -0.05) is 24.1 Å². The first kappa shape index (κ1) is 20.2. The lowest BCUT2D eigenvalue weighted by atomic mass is 9.96. The maximum absolute atomic E-state index is 12.9. The van der Waals surface area contributed by atoms with Gasteiger partial charge in [-0.2, -0.15) is 4.31 Å². The predicted octanol–water partition coefficient (Wildman–Crippen LogP) is 3.70. The molecule has 6 nitrogen and oxygen atoms in total. The maximum Gasteiger partial charge on any atom is 0.243 e. The van der Waals surface area contributed by atoms with Crippen LogP contribution in [0.1, 0.15) is 24.8 Å². The van der Waals surface area contributed by atoms with Crippen LogP contribution in [-0.4, -0.2) is 38.3 Å². The molecule has 0 aromatic heterocycles. The normalized spacial score (nSPS) is 19.8. The van der Waals surface area contributed by atoms with Gasteiger partial charge in [-0.25, -0.2) is 8.42 Å². The van der Waals surface area contributed by atoms with E-state index in [-0.39, 0.29) is 23.3 Å². The highest BCUT2D eigenvalue weighted by atomic mass is 35.5. The summed E-state index contributed by atoms with van der Waals surface area (Å²) in [6, 6.07) is 11.8. The van der Waals surface area contributed by atoms with Crippen LogP contribution in [0.15, 0.2) is 47.4 Å². The molecular formula is C21H23ClN2O4S. The molecule has 2 heterocycles. The number of rotatable bonds is 4. The number of fused-ring (bicyclic) bond motifs is 1. The average Bonchev–Trinajstić information content (AvgIpc) is 2.74. The summed E-state index contributed by atoms with van der Waals surface area (Å²) in [5.74, 6) is 0.166.